The van der Waals surface area contributed by atoms with E-state index in [0.717, 1.165) is 5.56 Å². The van der Waals surface area contributed by atoms with E-state index in [2.05, 4.69) is 10.6 Å². The minimum Gasteiger partial charge on any atom is -0.491 e. The Kier molecular flexibility index (Phi) is 6.97. The van der Waals surface area contributed by atoms with Gasteiger partial charge in [0, 0.05) is 13.1 Å². The largest absolute Gasteiger partial charge is 0.491 e. The number of aliphatic hydroxyl groups excluding tert-OH is 1. The summed E-state index contributed by atoms with van der Waals surface area (Å²) in [5.74, 6) is 0.591. The van der Waals surface area contributed by atoms with E-state index in [9.17, 15) is 23.1 Å². The summed E-state index contributed by atoms with van der Waals surface area (Å²) < 4.78 is 41.0. The van der Waals surface area contributed by atoms with Crippen LogP contribution >= 0.6 is 0 Å². The van der Waals surface area contributed by atoms with E-state index >= 15 is 0 Å². The number of hydrogen-bond donors (Lipinski definition) is 3. The second kappa shape index (κ2) is 8.47. The Morgan fingerprint density at radius 3 is 2.73 bits per heavy atom. The molecule has 0 saturated carbocycles. The molecule has 1 unspecified atom stereocenters. The molecular formula is C14H19F3N2O3. The van der Waals surface area contributed by atoms with Crippen LogP contribution < -0.4 is 15.4 Å². The first-order valence-electron chi connectivity index (χ1n) is 6.72. The van der Waals surface area contributed by atoms with Gasteiger partial charge >= 0.3 is 12.2 Å². The molecule has 124 valence electrons. The van der Waals surface area contributed by atoms with Gasteiger partial charge in [-0.3, -0.25) is 0 Å². The minimum atomic E-state index is -4.31. The van der Waals surface area contributed by atoms with Crippen molar-refractivity contribution < 1.29 is 27.8 Å². The fraction of sp³-hybridized carbons (Fsp3) is 0.500. The van der Waals surface area contributed by atoms with E-state index in [4.69, 9.17) is 4.74 Å². The van der Waals surface area contributed by atoms with Crippen LogP contribution in [0.25, 0.3) is 0 Å². The zero-order chi connectivity index (χ0) is 16.6. The van der Waals surface area contributed by atoms with Crippen molar-refractivity contribution in [3.63, 3.8) is 0 Å². The van der Waals surface area contributed by atoms with Gasteiger partial charge < -0.3 is 20.5 Å². The third-order valence-electron chi connectivity index (χ3n) is 2.62. The van der Waals surface area contributed by atoms with Crippen molar-refractivity contribution >= 4 is 6.03 Å². The molecule has 0 saturated heterocycles. The maximum absolute atomic E-state index is 11.9. The van der Waals surface area contributed by atoms with Gasteiger partial charge in [0.1, 0.15) is 18.5 Å². The molecule has 0 heterocycles. The molecule has 8 heteroatoms. The molecule has 0 spiro atoms. The Balaban J connectivity index is 2.17. The van der Waals surface area contributed by atoms with Gasteiger partial charge in [0.2, 0.25) is 0 Å². The van der Waals surface area contributed by atoms with Crippen LogP contribution in [-0.2, 0) is 0 Å². The zero-order valence-corrected chi connectivity index (χ0v) is 12.1. The van der Waals surface area contributed by atoms with Crippen LogP contribution in [-0.4, -0.2) is 43.1 Å². The first-order valence-corrected chi connectivity index (χ1v) is 6.72. The Hall–Kier alpha value is -1.96. The predicted octanol–water partition coefficient (Wildman–Crippen LogP) is 1.99. The Labute approximate surface area is 126 Å². The van der Waals surface area contributed by atoms with Gasteiger partial charge in [-0.15, -0.1) is 0 Å². The molecular weight excluding hydrogens is 301 g/mol. The van der Waals surface area contributed by atoms with E-state index in [-0.39, 0.29) is 13.2 Å². The van der Waals surface area contributed by atoms with Gasteiger partial charge in [-0.2, -0.15) is 13.2 Å². The van der Waals surface area contributed by atoms with Gasteiger partial charge in [-0.05, 0) is 24.6 Å². The average Bonchev–Trinajstić information content (AvgIpc) is 2.41. The molecule has 0 radical (unpaired) electrons. The van der Waals surface area contributed by atoms with Crippen LogP contribution in [0.5, 0.6) is 5.75 Å². The summed E-state index contributed by atoms with van der Waals surface area (Å²) in [6.07, 6.45) is -6.37. The van der Waals surface area contributed by atoms with Crippen molar-refractivity contribution in [2.75, 3.05) is 19.7 Å². The predicted molar refractivity (Wildman–Crippen MR) is 74.8 cm³/mol. The van der Waals surface area contributed by atoms with Gasteiger partial charge in [0.05, 0.1) is 6.42 Å². The summed E-state index contributed by atoms with van der Waals surface area (Å²) in [4.78, 5) is 11.2. The number of alkyl halides is 3. The van der Waals surface area contributed by atoms with Crippen LogP contribution in [0.2, 0.25) is 0 Å². The number of urea groups is 1. The van der Waals surface area contributed by atoms with Crippen molar-refractivity contribution in [3.8, 4) is 5.75 Å². The fourth-order valence-corrected chi connectivity index (χ4v) is 1.55. The highest BCUT2D eigenvalue weighted by molar-refractivity contribution is 5.73. The van der Waals surface area contributed by atoms with Crippen LogP contribution in [0.4, 0.5) is 18.0 Å². The topological polar surface area (TPSA) is 70.6 Å². The fourth-order valence-electron chi connectivity index (χ4n) is 1.55. The number of carbonyl (C=O) groups excluding carboxylic acids is 1. The van der Waals surface area contributed by atoms with Crippen molar-refractivity contribution in [2.24, 2.45) is 0 Å². The second-order valence-corrected chi connectivity index (χ2v) is 4.78. The molecule has 0 aliphatic carbocycles. The molecule has 1 atom stereocenters. The lowest BCUT2D eigenvalue weighted by Crippen LogP contribution is -2.42. The lowest BCUT2D eigenvalue weighted by atomic mass is 10.2. The highest BCUT2D eigenvalue weighted by atomic mass is 19.4. The number of halogens is 3. The first-order chi connectivity index (χ1) is 10.3. The number of aryl methyl sites for hydroxylation is 1. The van der Waals surface area contributed by atoms with E-state index in [1.807, 2.05) is 19.1 Å². The van der Waals surface area contributed by atoms with Gasteiger partial charge in [-0.1, -0.05) is 12.1 Å². The first kappa shape index (κ1) is 18.1. The van der Waals surface area contributed by atoms with Crippen molar-refractivity contribution in [3.05, 3.63) is 29.8 Å². The number of rotatable bonds is 7. The van der Waals surface area contributed by atoms with Gasteiger partial charge in [0.25, 0.3) is 0 Å². The number of ether oxygens (including phenoxy) is 1. The molecule has 1 rings (SSSR count). The van der Waals surface area contributed by atoms with Crippen molar-refractivity contribution in [1.82, 2.24) is 10.6 Å². The third kappa shape index (κ3) is 8.35. The van der Waals surface area contributed by atoms with Crippen LogP contribution in [0, 0.1) is 6.92 Å². The molecule has 0 aromatic heterocycles. The number of amides is 2. The molecule has 22 heavy (non-hydrogen) atoms. The van der Waals surface area contributed by atoms with Crippen LogP contribution in [0.3, 0.4) is 0 Å². The summed E-state index contributed by atoms with van der Waals surface area (Å²) >= 11 is 0. The van der Waals surface area contributed by atoms with Crippen molar-refractivity contribution in [1.29, 1.82) is 0 Å². The van der Waals surface area contributed by atoms with Crippen molar-refractivity contribution in [2.45, 2.75) is 25.6 Å². The Bertz CT molecular complexity index is 481. The molecule has 0 aliphatic rings. The SMILES string of the molecule is Cc1cccc(OCC(O)CNC(=O)NCCC(F)(F)F)c1. The van der Waals surface area contributed by atoms with E-state index in [1.165, 1.54) is 0 Å². The number of nitrogens with one attached hydrogen (secondary N) is 2. The number of aliphatic hydroxyl groups is 1. The average molecular weight is 320 g/mol. The van der Waals surface area contributed by atoms with Crippen LogP contribution in [0.15, 0.2) is 24.3 Å². The summed E-state index contributed by atoms with van der Waals surface area (Å²) in [6.45, 7) is 1.23. The van der Waals surface area contributed by atoms with Crippen LogP contribution in [0.1, 0.15) is 12.0 Å². The van der Waals surface area contributed by atoms with E-state index in [1.54, 1.807) is 12.1 Å². The molecule has 0 bridgehead atoms. The molecule has 0 fully saturated rings. The normalized spacial score (nSPS) is 12.6. The van der Waals surface area contributed by atoms with E-state index < -0.39 is 31.3 Å². The molecule has 1 aromatic rings. The third-order valence-corrected chi connectivity index (χ3v) is 2.62. The highest BCUT2D eigenvalue weighted by Gasteiger charge is 2.26. The highest BCUT2D eigenvalue weighted by Crippen LogP contribution is 2.18. The summed E-state index contributed by atoms with van der Waals surface area (Å²) in [7, 11) is 0. The number of hydrogen-bond acceptors (Lipinski definition) is 3. The smallest absolute Gasteiger partial charge is 0.390 e. The van der Waals surface area contributed by atoms with E-state index in [0.29, 0.717) is 5.75 Å². The summed E-state index contributed by atoms with van der Waals surface area (Å²) in [6, 6.07) is 6.47. The standard InChI is InChI=1S/C14H19F3N2O3/c1-10-3-2-4-12(7-10)22-9-11(20)8-19-13(21)18-6-5-14(15,16)17/h2-4,7,11,20H,5-6,8-9H2,1H3,(H2,18,19,21). The molecule has 0 aliphatic heterocycles. The lowest BCUT2D eigenvalue weighted by molar-refractivity contribution is -0.132. The Morgan fingerprint density at radius 2 is 2.09 bits per heavy atom. The maximum atomic E-state index is 11.9. The summed E-state index contributed by atoms with van der Waals surface area (Å²) in [5, 5.41) is 14.0. The maximum Gasteiger partial charge on any atom is 0.390 e. The summed E-state index contributed by atoms with van der Waals surface area (Å²) in [5.41, 5.74) is 1.01. The monoisotopic (exact) mass is 320 g/mol. The second-order valence-electron chi connectivity index (χ2n) is 4.78. The molecule has 3 N–H and O–H groups in total. The number of benzene rings is 1. The quantitative estimate of drug-likeness (QED) is 0.719. The molecule has 2 amide bonds. The number of carbonyl (C=O) groups is 1. The molecule has 5 nitrogen and oxygen atoms in total. The zero-order valence-electron chi connectivity index (χ0n) is 12.1. The Morgan fingerprint density at radius 1 is 1.36 bits per heavy atom. The van der Waals surface area contributed by atoms with Gasteiger partial charge in [-0.25, -0.2) is 4.79 Å². The molecule has 1 aromatic carbocycles. The lowest BCUT2D eigenvalue weighted by Gasteiger charge is -2.14. The minimum absolute atomic E-state index is 0.0354. The van der Waals surface area contributed by atoms with Gasteiger partial charge in [0.15, 0.2) is 0 Å².